The van der Waals surface area contributed by atoms with E-state index >= 15 is 0 Å². The van der Waals surface area contributed by atoms with Gasteiger partial charge in [-0.2, -0.15) is 13.2 Å². The molecule has 1 N–H and O–H groups in total. The van der Waals surface area contributed by atoms with Crippen LogP contribution in [0.15, 0.2) is 48.5 Å². The monoisotopic (exact) mass is 379 g/mol. The summed E-state index contributed by atoms with van der Waals surface area (Å²) >= 11 is 6.02. The summed E-state index contributed by atoms with van der Waals surface area (Å²) in [5.74, 6) is 0. The highest BCUT2D eigenvalue weighted by atomic mass is 35.5. The summed E-state index contributed by atoms with van der Waals surface area (Å²) in [5, 5.41) is 12.3. The third-order valence-corrected chi connectivity index (χ3v) is 3.28. The molecule has 0 radical (unpaired) electrons. The molecule has 128 valence electrons. The van der Waals surface area contributed by atoms with Crippen molar-refractivity contribution in [1.29, 1.82) is 5.39 Å². The second kappa shape index (κ2) is 7.96. The summed E-state index contributed by atoms with van der Waals surface area (Å²) in [6.45, 7) is 0. The van der Waals surface area contributed by atoms with Crippen molar-refractivity contribution in [2.45, 2.75) is 5.51 Å². The van der Waals surface area contributed by atoms with Gasteiger partial charge >= 0.3 is 11.2 Å². The zero-order valence-corrected chi connectivity index (χ0v) is 13.2. The van der Waals surface area contributed by atoms with Crippen LogP contribution in [0.5, 0.6) is 0 Å². The number of nitrogens with zero attached hydrogens (tertiary/aromatic N) is 2. The minimum absolute atomic E-state index is 0.434. The largest absolute Gasteiger partial charge is 0.741 e. The van der Waals surface area contributed by atoms with Crippen molar-refractivity contribution in [3.8, 4) is 0 Å². The summed E-state index contributed by atoms with van der Waals surface area (Å²) in [7, 11) is -6.09. The molecule has 2 rings (SSSR count). The van der Waals surface area contributed by atoms with Crippen molar-refractivity contribution in [3.05, 3.63) is 58.5 Å². The molecule has 0 aliphatic rings. The molecule has 0 saturated heterocycles. The molecule has 11 heteroatoms. The minimum Gasteiger partial charge on any atom is -0.741 e. The normalized spacial score (nSPS) is 11.0. The molecule has 0 atom stereocenters. The molecule has 0 saturated carbocycles. The lowest BCUT2D eigenvalue weighted by molar-refractivity contribution is -0.0517. The maximum atomic E-state index is 10.7. The van der Waals surface area contributed by atoms with Crippen LogP contribution in [-0.2, 0) is 10.1 Å². The van der Waals surface area contributed by atoms with Crippen LogP contribution < -0.4 is 5.32 Å². The van der Waals surface area contributed by atoms with Crippen molar-refractivity contribution in [1.82, 2.24) is 0 Å². The van der Waals surface area contributed by atoms with E-state index in [0.29, 0.717) is 10.7 Å². The van der Waals surface area contributed by atoms with Crippen LogP contribution in [-0.4, -0.2) is 18.5 Å². The number of hydrogen-bond donors (Lipinski definition) is 1. The zero-order valence-electron chi connectivity index (χ0n) is 11.7. The molecule has 6 nitrogen and oxygen atoms in total. The van der Waals surface area contributed by atoms with Gasteiger partial charge in [-0.25, -0.2) is 8.42 Å². The average Bonchev–Trinajstić information content (AvgIpc) is 2.49. The summed E-state index contributed by atoms with van der Waals surface area (Å²) in [4.78, 5) is 3.07. The van der Waals surface area contributed by atoms with Crippen LogP contribution in [0.4, 0.5) is 30.2 Å². The fourth-order valence-electron chi connectivity index (χ4n) is 1.34. The van der Waals surface area contributed by atoms with E-state index in [1.165, 1.54) is 0 Å². The second-order valence-electron chi connectivity index (χ2n) is 4.16. The highest BCUT2D eigenvalue weighted by molar-refractivity contribution is 7.86. The molecule has 0 fully saturated rings. The molecule has 0 bridgehead atoms. The van der Waals surface area contributed by atoms with E-state index in [2.05, 4.69) is 10.3 Å². The molecule has 0 heterocycles. The first-order valence-electron chi connectivity index (χ1n) is 6.03. The molecule has 0 aromatic heterocycles. The quantitative estimate of drug-likeness (QED) is 0.466. The number of alkyl halides is 3. The van der Waals surface area contributed by atoms with Crippen LogP contribution in [0, 0.1) is 5.39 Å². The molecule has 0 aliphatic carbocycles. The van der Waals surface area contributed by atoms with Gasteiger partial charge in [0, 0.05) is 11.8 Å². The fraction of sp³-hybridized carbons (Fsp3) is 0.0769. The van der Waals surface area contributed by atoms with Gasteiger partial charge in [0.2, 0.25) is 5.39 Å². The Bertz CT molecular complexity index is 837. The van der Waals surface area contributed by atoms with Gasteiger partial charge in [-0.1, -0.05) is 29.8 Å². The molecular formula is C13H9ClF3N3O3S. The van der Waals surface area contributed by atoms with Crippen molar-refractivity contribution in [2.75, 3.05) is 5.32 Å². The van der Waals surface area contributed by atoms with Gasteiger partial charge in [0.1, 0.15) is 0 Å². The van der Waals surface area contributed by atoms with E-state index in [1.807, 2.05) is 30.3 Å². The van der Waals surface area contributed by atoms with Crippen molar-refractivity contribution < 1.29 is 26.1 Å². The Morgan fingerprint density at radius 2 is 1.67 bits per heavy atom. The van der Waals surface area contributed by atoms with E-state index in [9.17, 15) is 13.2 Å². The number of para-hydroxylation sites is 1. The zero-order chi connectivity index (χ0) is 18.4. The van der Waals surface area contributed by atoms with E-state index in [-0.39, 0.29) is 0 Å². The molecule has 0 aliphatic heterocycles. The number of halogens is 4. The summed E-state index contributed by atoms with van der Waals surface area (Å²) in [6.07, 6.45) is 0. The van der Waals surface area contributed by atoms with E-state index in [1.54, 1.807) is 18.2 Å². The topological polar surface area (TPSA) is 97.4 Å². The van der Waals surface area contributed by atoms with Gasteiger partial charge in [0.05, 0.1) is 16.8 Å². The van der Waals surface area contributed by atoms with E-state index < -0.39 is 15.6 Å². The lowest BCUT2D eigenvalue weighted by atomic mass is 10.2. The first kappa shape index (κ1) is 19.7. The van der Waals surface area contributed by atoms with Gasteiger partial charge in [-0.15, -0.1) is 0 Å². The highest BCUT2D eigenvalue weighted by Crippen LogP contribution is 2.29. The highest BCUT2D eigenvalue weighted by Gasteiger charge is 2.36. The maximum absolute atomic E-state index is 10.7. The maximum Gasteiger partial charge on any atom is 0.485 e. The molecule has 2 aromatic rings. The number of diazo groups is 1. The smallest absolute Gasteiger partial charge is 0.485 e. The standard InChI is InChI=1S/C12H9ClN3.CHF3O3S/c13-11-8-10(16-14)6-7-12(11)15-9-4-2-1-3-5-9;2-1(3,4)8(5,6)7/h1-8,15H;(H,5,6,7)/q+1;/p-1. The Morgan fingerprint density at radius 1 is 1.12 bits per heavy atom. The van der Waals surface area contributed by atoms with Crippen LogP contribution in [0.3, 0.4) is 0 Å². The predicted octanol–water partition coefficient (Wildman–Crippen LogP) is 4.62. The molecule has 0 unspecified atom stereocenters. The summed E-state index contributed by atoms with van der Waals surface area (Å²) in [5.41, 5.74) is -3.48. The summed E-state index contributed by atoms with van der Waals surface area (Å²) in [6, 6.07) is 14.7. The Kier molecular flexibility index (Phi) is 6.53. The SMILES string of the molecule is N#[N+]c1ccc(Nc2ccccc2)c(Cl)c1.O=S(=O)([O-])C(F)(F)F. The predicted molar refractivity (Wildman–Crippen MR) is 81.7 cm³/mol. The van der Waals surface area contributed by atoms with Crippen LogP contribution in [0.2, 0.25) is 5.02 Å². The van der Waals surface area contributed by atoms with Gasteiger partial charge in [-0.05, 0) is 18.2 Å². The number of rotatable bonds is 2. The molecule has 24 heavy (non-hydrogen) atoms. The third kappa shape index (κ3) is 6.04. The van der Waals surface area contributed by atoms with Crippen LogP contribution >= 0.6 is 11.6 Å². The lowest BCUT2D eigenvalue weighted by Crippen LogP contribution is -2.21. The van der Waals surface area contributed by atoms with Gasteiger partial charge in [-0.3, -0.25) is 0 Å². The van der Waals surface area contributed by atoms with Gasteiger partial charge in [0.25, 0.3) is 0 Å². The van der Waals surface area contributed by atoms with E-state index in [4.69, 9.17) is 30.0 Å². The fourth-order valence-corrected chi connectivity index (χ4v) is 1.57. The minimum atomic E-state index is -6.09. The Balaban J connectivity index is 0.000000307. The molecule has 2 aromatic carbocycles. The Morgan fingerprint density at radius 3 is 2.08 bits per heavy atom. The number of hydrogen-bond acceptors (Lipinski definition) is 5. The second-order valence-corrected chi connectivity index (χ2v) is 5.93. The first-order chi connectivity index (χ1) is 11.0. The number of benzene rings is 2. The van der Waals surface area contributed by atoms with Crippen molar-refractivity contribution in [3.63, 3.8) is 0 Å². The summed E-state index contributed by atoms with van der Waals surface area (Å²) < 4.78 is 58.9. The van der Waals surface area contributed by atoms with Gasteiger partial charge in [0.15, 0.2) is 15.1 Å². The number of anilines is 2. The van der Waals surface area contributed by atoms with E-state index in [0.717, 1.165) is 11.4 Å². The molecule has 0 amide bonds. The third-order valence-electron chi connectivity index (χ3n) is 2.40. The van der Waals surface area contributed by atoms with Crippen molar-refractivity contribution in [2.24, 2.45) is 0 Å². The molecular weight excluding hydrogens is 371 g/mol. The Hall–Kier alpha value is -2.35. The number of nitrogens with one attached hydrogen (secondary N) is 1. The molecule has 0 spiro atoms. The van der Waals surface area contributed by atoms with Crippen LogP contribution in [0.1, 0.15) is 0 Å². The average molecular weight is 380 g/mol. The Labute approximate surface area is 140 Å². The first-order valence-corrected chi connectivity index (χ1v) is 7.82. The van der Waals surface area contributed by atoms with Crippen molar-refractivity contribution >= 4 is 38.8 Å². The lowest BCUT2D eigenvalue weighted by Gasteiger charge is -2.08. The van der Waals surface area contributed by atoms with Crippen LogP contribution in [0.25, 0.3) is 4.98 Å². The van der Waals surface area contributed by atoms with Gasteiger partial charge < -0.3 is 9.87 Å².